The second kappa shape index (κ2) is 9.95. The number of rotatable bonds is 6. The number of hydrogen-bond donors (Lipinski definition) is 3. The molecule has 0 spiro atoms. The van der Waals surface area contributed by atoms with Crippen molar-refractivity contribution in [2.75, 3.05) is 23.3 Å². The summed E-state index contributed by atoms with van der Waals surface area (Å²) in [6.07, 6.45) is 5.01. The lowest BCUT2D eigenvalue weighted by molar-refractivity contribution is 0.776. The van der Waals surface area contributed by atoms with Crippen molar-refractivity contribution < 1.29 is 0 Å². The first kappa shape index (κ1) is 22.6. The molecule has 4 aromatic rings. The maximum atomic E-state index is 9.66. The zero-order valence-corrected chi connectivity index (χ0v) is 19.8. The van der Waals surface area contributed by atoms with Crippen LogP contribution >= 0.6 is 0 Å². The Labute approximate surface area is 204 Å². The second-order valence-electron chi connectivity index (χ2n) is 8.71. The maximum Gasteiger partial charge on any atom is 0.224 e. The number of nitrogens with two attached hydrogens (primary N) is 1. The van der Waals surface area contributed by atoms with E-state index in [1.807, 2.05) is 12.1 Å². The number of imidazole rings is 1. The predicted octanol–water partition coefficient (Wildman–Crippen LogP) is 3.72. The van der Waals surface area contributed by atoms with Crippen molar-refractivity contribution in [3.63, 3.8) is 0 Å². The number of aromatic nitrogens is 4. The third-order valence-corrected chi connectivity index (χ3v) is 6.60. The summed E-state index contributed by atoms with van der Waals surface area (Å²) in [4.78, 5) is 18.9. The Balaban J connectivity index is 1.35. The molecule has 35 heavy (non-hydrogen) atoms. The maximum absolute atomic E-state index is 9.66. The fourth-order valence-electron chi connectivity index (χ4n) is 4.60. The van der Waals surface area contributed by atoms with Gasteiger partial charge in [0.1, 0.15) is 11.6 Å². The monoisotopic (exact) mass is 464 g/mol. The van der Waals surface area contributed by atoms with Crippen LogP contribution in [0.15, 0.2) is 55.0 Å². The molecule has 0 saturated carbocycles. The molecule has 2 aromatic carbocycles. The molecule has 4 N–H and O–H groups in total. The van der Waals surface area contributed by atoms with Crippen LogP contribution < -0.4 is 16.0 Å². The van der Waals surface area contributed by atoms with Gasteiger partial charge in [-0.2, -0.15) is 10.2 Å². The summed E-state index contributed by atoms with van der Waals surface area (Å²) in [6.45, 7) is 4.75. The molecule has 2 aromatic heterocycles. The van der Waals surface area contributed by atoms with Crippen LogP contribution in [0.2, 0.25) is 0 Å². The van der Waals surface area contributed by atoms with Gasteiger partial charge in [0.2, 0.25) is 5.95 Å². The minimum absolute atomic E-state index is 0.479. The number of aromatic amines is 1. The number of nitriles is 1. The number of benzene rings is 2. The van der Waals surface area contributed by atoms with Crippen LogP contribution in [0.1, 0.15) is 33.6 Å². The molecule has 5 rings (SSSR count). The van der Waals surface area contributed by atoms with Gasteiger partial charge in [-0.1, -0.05) is 36.4 Å². The van der Waals surface area contributed by atoms with Gasteiger partial charge in [-0.15, -0.1) is 0 Å². The van der Waals surface area contributed by atoms with Gasteiger partial charge < -0.3 is 20.9 Å². The number of fused-ring (bicyclic) bond motifs is 1. The average Bonchev–Trinajstić information content (AvgIpc) is 3.26. The molecule has 0 atom stereocenters. The summed E-state index contributed by atoms with van der Waals surface area (Å²) in [5, 5.41) is 13.0. The van der Waals surface area contributed by atoms with Gasteiger partial charge in [0.25, 0.3) is 0 Å². The zero-order chi connectivity index (χ0) is 24.2. The van der Waals surface area contributed by atoms with Crippen LogP contribution in [0.5, 0.6) is 0 Å². The third-order valence-electron chi connectivity index (χ3n) is 6.60. The van der Waals surface area contributed by atoms with E-state index in [0.717, 1.165) is 54.0 Å². The van der Waals surface area contributed by atoms with E-state index >= 15 is 0 Å². The zero-order valence-electron chi connectivity index (χ0n) is 19.8. The molecule has 8 heteroatoms. The molecule has 0 amide bonds. The highest BCUT2D eigenvalue weighted by Crippen LogP contribution is 2.27. The highest BCUT2D eigenvalue weighted by atomic mass is 15.2. The number of anilines is 2. The lowest BCUT2D eigenvalue weighted by atomic mass is 9.95. The fourth-order valence-corrected chi connectivity index (χ4v) is 4.60. The van der Waals surface area contributed by atoms with Gasteiger partial charge in [0.05, 0.1) is 18.2 Å². The molecular formula is C27H28N8. The molecule has 0 fully saturated rings. The molecule has 176 valence electrons. The van der Waals surface area contributed by atoms with E-state index in [0.29, 0.717) is 30.4 Å². The number of hydrogen-bond acceptors (Lipinski definition) is 7. The van der Waals surface area contributed by atoms with E-state index in [2.05, 4.69) is 68.5 Å². The summed E-state index contributed by atoms with van der Waals surface area (Å²) in [5.74, 6) is 1.18. The largest absolute Gasteiger partial charge is 0.355 e. The van der Waals surface area contributed by atoms with E-state index in [-0.39, 0.29) is 0 Å². The summed E-state index contributed by atoms with van der Waals surface area (Å²) < 4.78 is 0. The molecule has 0 radical (unpaired) electrons. The first-order valence-electron chi connectivity index (χ1n) is 11.8. The Morgan fingerprint density at radius 3 is 2.86 bits per heavy atom. The Kier molecular flexibility index (Phi) is 6.42. The van der Waals surface area contributed by atoms with Gasteiger partial charge >= 0.3 is 0 Å². The molecule has 1 aliphatic heterocycles. The molecule has 0 saturated heterocycles. The minimum Gasteiger partial charge on any atom is -0.355 e. The lowest BCUT2D eigenvalue weighted by Gasteiger charge is -2.22. The van der Waals surface area contributed by atoms with Crippen LogP contribution in [-0.2, 0) is 25.9 Å². The highest BCUT2D eigenvalue weighted by Gasteiger charge is 2.20. The molecule has 0 bridgehead atoms. The minimum atomic E-state index is 0.479. The van der Waals surface area contributed by atoms with Crippen LogP contribution in [0.25, 0.3) is 11.1 Å². The Morgan fingerprint density at radius 2 is 2.00 bits per heavy atom. The Bertz CT molecular complexity index is 1360. The van der Waals surface area contributed by atoms with Gasteiger partial charge in [0.15, 0.2) is 5.82 Å². The van der Waals surface area contributed by atoms with Crippen LogP contribution in [-0.4, -0.2) is 33.0 Å². The van der Waals surface area contributed by atoms with Gasteiger partial charge in [-0.05, 0) is 40.8 Å². The molecule has 0 unspecified atom stereocenters. The third kappa shape index (κ3) is 4.72. The number of nitrogens with one attached hydrogen (secondary N) is 2. The summed E-state index contributed by atoms with van der Waals surface area (Å²) in [6, 6.07) is 16.9. The van der Waals surface area contributed by atoms with Crippen molar-refractivity contribution in [1.29, 1.82) is 5.26 Å². The molecule has 0 aliphatic carbocycles. The predicted molar refractivity (Wildman–Crippen MR) is 137 cm³/mol. The number of H-pyrrole nitrogens is 1. The van der Waals surface area contributed by atoms with Crippen molar-refractivity contribution >= 4 is 11.8 Å². The van der Waals surface area contributed by atoms with E-state index in [1.54, 1.807) is 12.5 Å². The number of nitrogens with zero attached hydrogens (tertiary/aromatic N) is 5. The van der Waals surface area contributed by atoms with Gasteiger partial charge in [0, 0.05) is 44.7 Å². The fraction of sp³-hybridized carbons (Fsp3) is 0.259. The highest BCUT2D eigenvalue weighted by molar-refractivity contribution is 5.69. The van der Waals surface area contributed by atoms with Crippen LogP contribution in [0.4, 0.5) is 11.8 Å². The van der Waals surface area contributed by atoms with Crippen molar-refractivity contribution in [1.82, 2.24) is 19.9 Å². The topological polar surface area (TPSA) is 120 Å². The summed E-state index contributed by atoms with van der Waals surface area (Å²) in [5.41, 5.74) is 14.4. The smallest absolute Gasteiger partial charge is 0.224 e. The SMILES string of the molecule is Cc1c(CNc2ncc(C#N)c(N3CCc4nc[nH]c4CC3)n2)cccc1-c1cccc(CN)c1. The normalized spacial score (nSPS) is 13.1. The van der Waals surface area contributed by atoms with Crippen LogP contribution in [0.3, 0.4) is 0 Å². The summed E-state index contributed by atoms with van der Waals surface area (Å²) >= 11 is 0. The molecule has 1 aliphatic rings. The quantitative estimate of drug-likeness (QED) is 0.398. The van der Waals surface area contributed by atoms with E-state index in [1.165, 1.54) is 11.1 Å². The van der Waals surface area contributed by atoms with Crippen molar-refractivity contribution in [2.45, 2.75) is 32.9 Å². The average molecular weight is 465 g/mol. The second-order valence-corrected chi connectivity index (χ2v) is 8.71. The van der Waals surface area contributed by atoms with Crippen molar-refractivity contribution in [3.8, 4) is 17.2 Å². The van der Waals surface area contributed by atoms with Crippen LogP contribution in [0, 0.1) is 18.3 Å². The van der Waals surface area contributed by atoms with E-state index < -0.39 is 0 Å². The first-order valence-corrected chi connectivity index (χ1v) is 11.8. The van der Waals surface area contributed by atoms with E-state index in [9.17, 15) is 5.26 Å². The Hall–Kier alpha value is -4.22. The van der Waals surface area contributed by atoms with Gasteiger partial charge in [-0.25, -0.2) is 9.97 Å². The van der Waals surface area contributed by atoms with Crippen molar-refractivity contribution in [3.05, 3.63) is 88.6 Å². The Morgan fingerprint density at radius 1 is 1.14 bits per heavy atom. The van der Waals surface area contributed by atoms with E-state index in [4.69, 9.17) is 10.7 Å². The summed E-state index contributed by atoms with van der Waals surface area (Å²) in [7, 11) is 0. The molecular weight excluding hydrogens is 436 g/mol. The van der Waals surface area contributed by atoms with Crippen molar-refractivity contribution in [2.24, 2.45) is 5.73 Å². The lowest BCUT2D eigenvalue weighted by Crippen LogP contribution is -2.28. The van der Waals surface area contributed by atoms with Gasteiger partial charge in [-0.3, -0.25) is 0 Å². The standard InChI is InChI=1S/C27H28N8/c1-18-21(6-3-7-23(18)20-5-2-4-19(12-20)13-28)15-30-27-31-16-22(14-29)26(34-27)35-10-8-24-25(9-11-35)33-17-32-24/h2-7,12,16-17H,8-11,13,15,28H2,1H3,(H,32,33)(H,30,31,34). The molecule has 8 nitrogen and oxygen atoms in total. The molecule has 3 heterocycles. The first-order chi connectivity index (χ1) is 17.2.